The van der Waals surface area contributed by atoms with Crippen LogP contribution in [0.1, 0.15) is 19.8 Å². The molecule has 0 aliphatic carbocycles. The monoisotopic (exact) mass is 372 g/mol. The van der Waals surface area contributed by atoms with Crippen molar-refractivity contribution in [3.05, 3.63) is 32.7 Å². The van der Waals surface area contributed by atoms with Crippen molar-refractivity contribution in [2.45, 2.75) is 25.9 Å². The number of benzene rings is 1. The van der Waals surface area contributed by atoms with E-state index < -0.39 is 0 Å². The molecule has 1 aromatic carbocycles. The Kier molecular flexibility index (Phi) is 8.60. The zero-order chi connectivity index (χ0) is 15.8. The number of rotatable bonds is 8. The Balaban J connectivity index is 2.30. The van der Waals surface area contributed by atoms with Crippen LogP contribution in [0.25, 0.3) is 0 Å². The van der Waals surface area contributed by atoms with Gasteiger partial charge in [0.15, 0.2) is 5.75 Å². The Morgan fingerprint density at radius 2 is 1.90 bits per heavy atom. The molecule has 0 fully saturated rings. The van der Waals surface area contributed by atoms with E-state index in [2.05, 4.69) is 0 Å². The molecule has 1 rings (SSSR count). The molecule has 0 aliphatic rings. The lowest BCUT2D eigenvalue weighted by atomic mass is 10.2. The molecule has 1 N–H and O–H groups in total. The van der Waals surface area contributed by atoms with Crippen LogP contribution in [0.5, 0.6) is 11.5 Å². The van der Waals surface area contributed by atoms with Crippen molar-refractivity contribution in [2.24, 2.45) is 0 Å². The summed E-state index contributed by atoms with van der Waals surface area (Å²) >= 11 is 22.9. The van der Waals surface area contributed by atoms with Gasteiger partial charge in [-0.2, -0.15) is 0 Å². The Hall–Kier alpha value is -0.320. The molecular weight excluding hydrogens is 358 g/mol. The summed E-state index contributed by atoms with van der Waals surface area (Å²) in [6, 6.07) is 2.77. The number of aromatic hydroxyl groups is 1. The van der Waals surface area contributed by atoms with Gasteiger partial charge in [0.2, 0.25) is 0 Å². The third kappa shape index (κ3) is 7.48. The van der Waals surface area contributed by atoms with E-state index in [9.17, 15) is 5.11 Å². The van der Waals surface area contributed by atoms with Crippen molar-refractivity contribution in [3.8, 4) is 11.5 Å². The number of phenols is 1. The first-order valence-electron chi connectivity index (χ1n) is 6.33. The predicted molar refractivity (Wildman–Crippen MR) is 88.1 cm³/mol. The summed E-state index contributed by atoms with van der Waals surface area (Å²) in [6.07, 6.45) is 3.23. The van der Waals surface area contributed by atoms with E-state index in [1.807, 2.05) is 6.92 Å². The Bertz CT molecular complexity index is 464. The third-order valence-electron chi connectivity index (χ3n) is 2.60. The fourth-order valence-electron chi connectivity index (χ4n) is 1.59. The van der Waals surface area contributed by atoms with Crippen LogP contribution in [0.15, 0.2) is 22.7 Å². The second-order valence-corrected chi connectivity index (χ2v) is 6.19. The second kappa shape index (κ2) is 9.65. The fraction of sp³-hybridized carbons (Fsp3) is 0.429. The molecule has 0 bridgehead atoms. The molecule has 0 amide bonds. The van der Waals surface area contributed by atoms with E-state index in [1.165, 1.54) is 12.1 Å². The minimum absolute atomic E-state index is 0.00498. The van der Waals surface area contributed by atoms with Crippen molar-refractivity contribution in [2.75, 3.05) is 13.2 Å². The van der Waals surface area contributed by atoms with Crippen LogP contribution in [0.4, 0.5) is 0 Å². The van der Waals surface area contributed by atoms with Gasteiger partial charge in [-0.05, 0) is 25.8 Å². The maximum Gasteiger partial charge on any atom is 0.156 e. The molecule has 0 saturated heterocycles. The quantitative estimate of drug-likeness (QED) is 0.604. The topological polar surface area (TPSA) is 38.7 Å². The highest BCUT2D eigenvalue weighted by atomic mass is 35.5. The number of ether oxygens (including phenoxy) is 2. The smallest absolute Gasteiger partial charge is 0.156 e. The summed E-state index contributed by atoms with van der Waals surface area (Å²) in [5.41, 5.74) is 0. The van der Waals surface area contributed by atoms with Gasteiger partial charge in [-0.25, -0.2) is 0 Å². The zero-order valence-corrected chi connectivity index (χ0v) is 14.4. The van der Waals surface area contributed by atoms with Crippen LogP contribution in [0.2, 0.25) is 10.0 Å². The van der Waals surface area contributed by atoms with Gasteiger partial charge in [0, 0.05) is 12.1 Å². The predicted octanol–water partition coefficient (Wildman–Crippen LogP) is 5.58. The number of hydrogen-bond acceptors (Lipinski definition) is 3. The molecule has 7 heteroatoms. The average Bonchev–Trinajstić information content (AvgIpc) is 2.36. The molecule has 118 valence electrons. The second-order valence-electron chi connectivity index (χ2n) is 4.37. The molecule has 0 aromatic heterocycles. The molecule has 3 nitrogen and oxygen atoms in total. The van der Waals surface area contributed by atoms with Crippen LogP contribution in [0.3, 0.4) is 0 Å². The lowest BCUT2D eigenvalue weighted by molar-refractivity contribution is 0.0768. The molecule has 0 saturated carbocycles. The van der Waals surface area contributed by atoms with Gasteiger partial charge in [-0.1, -0.05) is 46.4 Å². The van der Waals surface area contributed by atoms with Crippen LogP contribution in [0, 0.1) is 0 Å². The summed E-state index contributed by atoms with van der Waals surface area (Å²) in [7, 11) is 0. The standard InChI is InChI=1S/C14H16Cl4O3/c1-9(20-6-4-13(17)18)3-2-5-21-14-11(15)7-10(19)8-12(14)16/h4,7-9,19H,2-3,5-6H2,1H3. The molecule has 0 spiro atoms. The highest BCUT2D eigenvalue weighted by Crippen LogP contribution is 2.36. The van der Waals surface area contributed by atoms with Crippen molar-refractivity contribution in [3.63, 3.8) is 0 Å². The van der Waals surface area contributed by atoms with Crippen molar-refractivity contribution in [1.82, 2.24) is 0 Å². The maximum absolute atomic E-state index is 9.32. The highest BCUT2D eigenvalue weighted by Gasteiger charge is 2.10. The van der Waals surface area contributed by atoms with Gasteiger partial charge in [0.05, 0.1) is 29.4 Å². The summed E-state index contributed by atoms with van der Waals surface area (Å²) in [6.45, 7) is 2.78. The van der Waals surface area contributed by atoms with E-state index in [0.29, 0.717) is 19.0 Å². The normalized spacial score (nSPS) is 12.0. The van der Waals surface area contributed by atoms with Gasteiger partial charge in [0.25, 0.3) is 0 Å². The van der Waals surface area contributed by atoms with Gasteiger partial charge >= 0.3 is 0 Å². The SMILES string of the molecule is CC(CCCOc1c(Cl)cc(O)cc1Cl)OCC=C(Cl)Cl. The van der Waals surface area contributed by atoms with Crippen LogP contribution < -0.4 is 4.74 Å². The number of halogens is 4. The van der Waals surface area contributed by atoms with Crippen LogP contribution in [-0.2, 0) is 4.74 Å². The lowest BCUT2D eigenvalue weighted by Gasteiger charge is -2.13. The Morgan fingerprint density at radius 3 is 2.48 bits per heavy atom. The minimum atomic E-state index is 0.00498. The molecule has 0 radical (unpaired) electrons. The maximum atomic E-state index is 9.32. The molecule has 1 aromatic rings. The largest absolute Gasteiger partial charge is 0.508 e. The van der Waals surface area contributed by atoms with Gasteiger partial charge in [0.1, 0.15) is 10.2 Å². The molecule has 1 atom stereocenters. The summed E-state index contributed by atoms with van der Waals surface area (Å²) in [5.74, 6) is 0.381. The van der Waals surface area contributed by atoms with Gasteiger partial charge < -0.3 is 14.6 Å². The lowest BCUT2D eigenvalue weighted by Crippen LogP contribution is -2.10. The van der Waals surface area contributed by atoms with E-state index in [1.54, 1.807) is 6.08 Å². The molecule has 0 heterocycles. The first-order valence-corrected chi connectivity index (χ1v) is 7.85. The Labute approximate surface area is 144 Å². The summed E-state index contributed by atoms with van der Waals surface area (Å²) < 4.78 is 11.2. The van der Waals surface area contributed by atoms with Crippen LogP contribution in [-0.4, -0.2) is 24.4 Å². The van der Waals surface area contributed by atoms with Crippen molar-refractivity contribution < 1.29 is 14.6 Å². The van der Waals surface area contributed by atoms with E-state index >= 15 is 0 Å². The van der Waals surface area contributed by atoms with E-state index in [4.69, 9.17) is 55.9 Å². The van der Waals surface area contributed by atoms with Crippen molar-refractivity contribution >= 4 is 46.4 Å². The molecule has 1 unspecified atom stereocenters. The van der Waals surface area contributed by atoms with Gasteiger partial charge in [-0.15, -0.1) is 0 Å². The van der Waals surface area contributed by atoms with Crippen molar-refractivity contribution in [1.29, 1.82) is 0 Å². The Morgan fingerprint density at radius 1 is 1.29 bits per heavy atom. The molecule has 0 aliphatic heterocycles. The molecular formula is C14H16Cl4O3. The first-order chi connectivity index (χ1) is 9.90. The highest BCUT2D eigenvalue weighted by molar-refractivity contribution is 6.55. The van der Waals surface area contributed by atoms with E-state index in [-0.39, 0.29) is 26.4 Å². The van der Waals surface area contributed by atoms with E-state index in [0.717, 1.165) is 12.8 Å². The zero-order valence-electron chi connectivity index (χ0n) is 11.4. The fourth-order valence-corrected chi connectivity index (χ4v) is 2.30. The first kappa shape index (κ1) is 18.7. The minimum Gasteiger partial charge on any atom is -0.508 e. The average molecular weight is 374 g/mol. The molecule has 21 heavy (non-hydrogen) atoms. The van der Waals surface area contributed by atoms with Gasteiger partial charge in [-0.3, -0.25) is 0 Å². The number of phenolic OH excluding ortho intramolecular Hbond substituents is 1. The summed E-state index contributed by atoms with van der Waals surface area (Å²) in [4.78, 5) is 0. The summed E-state index contributed by atoms with van der Waals surface area (Å²) in [5, 5.41) is 9.89. The van der Waals surface area contributed by atoms with Crippen LogP contribution >= 0.6 is 46.4 Å². The third-order valence-corrected chi connectivity index (χ3v) is 3.47. The number of hydrogen-bond donors (Lipinski definition) is 1.